The number of ether oxygens (including phenoxy) is 1. The van der Waals surface area contributed by atoms with Crippen LogP contribution >= 0.6 is 0 Å². The second-order valence-corrected chi connectivity index (χ2v) is 9.24. The number of hydrogen-bond acceptors (Lipinski definition) is 6. The van der Waals surface area contributed by atoms with Crippen LogP contribution in [0.4, 0.5) is 0 Å². The fourth-order valence-electron chi connectivity index (χ4n) is 3.65. The first kappa shape index (κ1) is 21.3. The van der Waals surface area contributed by atoms with E-state index in [0.29, 0.717) is 11.5 Å². The lowest BCUT2D eigenvalue weighted by atomic mass is 9.86. The Balaban J connectivity index is 1.49. The van der Waals surface area contributed by atoms with Crippen LogP contribution in [0.5, 0.6) is 0 Å². The minimum absolute atomic E-state index is 0.0507. The number of hydrogen-bond donors (Lipinski definition) is 2. The summed E-state index contributed by atoms with van der Waals surface area (Å²) >= 11 is 0. The van der Waals surface area contributed by atoms with E-state index >= 15 is 0 Å². The number of nitrogens with zero attached hydrogens (tertiary/aromatic N) is 1. The van der Waals surface area contributed by atoms with Crippen molar-refractivity contribution in [2.45, 2.75) is 63.0 Å². The molecule has 2 N–H and O–H groups in total. The van der Waals surface area contributed by atoms with E-state index in [9.17, 15) is 18.0 Å². The van der Waals surface area contributed by atoms with Gasteiger partial charge in [0.2, 0.25) is 0 Å². The summed E-state index contributed by atoms with van der Waals surface area (Å²) in [4.78, 5) is 28.7. The van der Waals surface area contributed by atoms with Crippen molar-refractivity contribution in [3.05, 3.63) is 29.8 Å². The molecule has 9 heteroatoms. The third-order valence-electron chi connectivity index (χ3n) is 5.37. The fraction of sp³-hybridized carbons (Fsp3) is 0.550. The second-order valence-electron chi connectivity index (χ2n) is 7.59. The number of benzene rings is 1. The molecule has 1 aliphatic carbocycles. The molecule has 3 atom stereocenters. The highest BCUT2D eigenvalue weighted by molar-refractivity contribution is 7.90. The summed E-state index contributed by atoms with van der Waals surface area (Å²) in [5, 5.41) is 2.97. The monoisotopic (exact) mass is 421 g/mol. The summed E-state index contributed by atoms with van der Waals surface area (Å²) in [5.74, 6) is -0.210. The molecule has 29 heavy (non-hydrogen) atoms. The molecule has 1 aromatic carbocycles. The lowest BCUT2D eigenvalue weighted by molar-refractivity contribution is -0.155. The average Bonchev–Trinajstić information content (AvgIpc) is 2.94. The van der Waals surface area contributed by atoms with E-state index in [2.05, 4.69) is 22.0 Å². The smallest absolute Gasteiger partial charge is 0.308 e. The quantitative estimate of drug-likeness (QED) is 0.679. The van der Waals surface area contributed by atoms with Crippen molar-refractivity contribution in [3.8, 4) is 0 Å². The Morgan fingerprint density at radius 2 is 2.00 bits per heavy atom. The lowest BCUT2D eigenvalue weighted by Gasteiger charge is -2.30. The number of amides is 1. The Hall–Kier alpha value is -2.42. The number of sulfonamides is 1. The first-order valence-electron chi connectivity index (χ1n) is 9.94. The molecule has 0 aromatic heterocycles. The van der Waals surface area contributed by atoms with Gasteiger partial charge in [-0.05, 0) is 37.8 Å². The molecule has 1 saturated carbocycles. The van der Waals surface area contributed by atoms with Crippen LogP contribution in [0.15, 0.2) is 34.2 Å². The van der Waals surface area contributed by atoms with Gasteiger partial charge in [0.1, 0.15) is 5.84 Å². The molecule has 0 radical (unpaired) electrons. The Bertz CT molecular complexity index is 912. The third kappa shape index (κ3) is 5.14. The van der Waals surface area contributed by atoms with Crippen molar-refractivity contribution in [1.82, 2.24) is 10.0 Å². The molecular formula is C20H27N3O5S. The van der Waals surface area contributed by atoms with Gasteiger partial charge in [-0.15, -0.1) is 0 Å². The summed E-state index contributed by atoms with van der Waals surface area (Å²) in [5.41, 5.74) is 0.482. The molecular weight excluding hydrogens is 394 g/mol. The van der Waals surface area contributed by atoms with E-state index < -0.39 is 22.1 Å². The molecule has 1 aliphatic heterocycles. The van der Waals surface area contributed by atoms with Crippen LogP contribution in [0.1, 0.15) is 51.5 Å². The molecule has 158 valence electrons. The van der Waals surface area contributed by atoms with Crippen molar-refractivity contribution in [2.24, 2.45) is 10.9 Å². The van der Waals surface area contributed by atoms with Gasteiger partial charge in [-0.3, -0.25) is 19.3 Å². The zero-order valence-electron chi connectivity index (χ0n) is 16.7. The minimum Gasteiger partial charge on any atom is -0.452 e. The maximum Gasteiger partial charge on any atom is 0.308 e. The van der Waals surface area contributed by atoms with Crippen LogP contribution in [0, 0.1) is 5.92 Å². The highest BCUT2D eigenvalue weighted by Gasteiger charge is 2.30. The zero-order chi connectivity index (χ0) is 21.0. The first-order chi connectivity index (χ1) is 13.8. The van der Waals surface area contributed by atoms with Gasteiger partial charge in [0.25, 0.3) is 15.9 Å². The molecule has 8 nitrogen and oxygen atoms in total. The van der Waals surface area contributed by atoms with Crippen LogP contribution in [-0.4, -0.2) is 44.8 Å². The first-order valence-corrected chi connectivity index (χ1v) is 11.4. The van der Waals surface area contributed by atoms with Crippen molar-refractivity contribution in [1.29, 1.82) is 0 Å². The van der Waals surface area contributed by atoms with Crippen LogP contribution in [0.25, 0.3) is 0 Å². The zero-order valence-corrected chi connectivity index (χ0v) is 17.5. The lowest BCUT2D eigenvalue weighted by Crippen LogP contribution is -2.46. The van der Waals surface area contributed by atoms with Crippen LogP contribution in [0.3, 0.4) is 0 Å². The SMILES string of the molecule is C[C@@H](OC(=O)CCN=C1NS(=O)(=O)c2ccccc21)C(=O)N[C@@H]1CCCC[C@@H]1C. The molecule has 0 unspecified atom stereocenters. The summed E-state index contributed by atoms with van der Waals surface area (Å²) < 4.78 is 31.7. The van der Waals surface area contributed by atoms with Gasteiger partial charge in [0, 0.05) is 11.6 Å². The van der Waals surface area contributed by atoms with Crippen molar-refractivity contribution >= 4 is 27.7 Å². The van der Waals surface area contributed by atoms with Gasteiger partial charge in [-0.25, -0.2) is 8.42 Å². The Morgan fingerprint density at radius 1 is 1.28 bits per heavy atom. The number of esters is 1. The molecule has 2 aliphatic rings. The van der Waals surface area contributed by atoms with Gasteiger partial charge < -0.3 is 10.1 Å². The van der Waals surface area contributed by atoms with Gasteiger partial charge in [0.05, 0.1) is 17.9 Å². The third-order valence-corrected chi connectivity index (χ3v) is 6.76. The Labute approximate surface area is 171 Å². The largest absolute Gasteiger partial charge is 0.452 e. The summed E-state index contributed by atoms with van der Waals surface area (Å²) in [6.07, 6.45) is 3.38. The number of fused-ring (bicyclic) bond motifs is 1. The average molecular weight is 422 g/mol. The van der Waals surface area contributed by atoms with Crippen molar-refractivity contribution < 1.29 is 22.7 Å². The van der Waals surface area contributed by atoms with Crippen LogP contribution in [-0.2, 0) is 24.3 Å². The number of aliphatic imine (C=N–C) groups is 1. The Kier molecular flexibility index (Phi) is 6.56. The van der Waals surface area contributed by atoms with Crippen LogP contribution < -0.4 is 10.0 Å². The van der Waals surface area contributed by atoms with Crippen molar-refractivity contribution in [2.75, 3.05) is 6.54 Å². The molecule has 1 heterocycles. The predicted octanol–water partition coefficient (Wildman–Crippen LogP) is 1.74. The van der Waals surface area contributed by atoms with Gasteiger partial charge >= 0.3 is 5.97 Å². The topological polar surface area (TPSA) is 114 Å². The summed E-state index contributed by atoms with van der Waals surface area (Å²) in [6.45, 7) is 3.72. The van der Waals surface area contributed by atoms with E-state index in [1.165, 1.54) is 12.5 Å². The molecule has 0 spiro atoms. The molecule has 3 rings (SSSR count). The number of nitrogens with one attached hydrogen (secondary N) is 2. The molecule has 0 saturated heterocycles. The van der Waals surface area contributed by atoms with Gasteiger partial charge in [0.15, 0.2) is 6.10 Å². The van der Waals surface area contributed by atoms with E-state index in [1.54, 1.807) is 25.1 Å². The molecule has 1 amide bonds. The van der Waals surface area contributed by atoms with Gasteiger partial charge in [-0.1, -0.05) is 31.9 Å². The van der Waals surface area contributed by atoms with E-state index in [4.69, 9.17) is 4.74 Å². The maximum atomic E-state index is 12.3. The Morgan fingerprint density at radius 3 is 2.76 bits per heavy atom. The van der Waals surface area contributed by atoms with Crippen molar-refractivity contribution in [3.63, 3.8) is 0 Å². The van der Waals surface area contributed by atoms with E-state index in [0.717, 1.165) is 19.3 Å². The van der Waals surface area contributed by atoms with E-state index in [-0.39, 0.29) is 35.6 Å². The number of carbonyl (C=O) groups is 2. The standard InChI is InChI=1S/C20H27N3O5S/c1-13-7-3-5-9-16(13)22-20(25)14(2)28-18(24)11-12-21-19-15-8-4-6-10-17(15)29(26,27)23-19/h4,6,8,10,13-14,16H,3,5,7,9,11-12H2,1-2H3,(H,21,23)(H,22,25)/t13-,14+,16+/m0/s1. The molecule has 1 fully saturated rings. The normalized spacial score (nSPS) is 25.0. The van der Waals surface area contributed by atoms with Gasteiger partial charge in [-0.2, -0.15) is 0 Å². The number of rotatable bonds is 6. The van der Waals surface area contributed by atoms with E-state index in [1.807, 2.05) is 0 Å². The fourth-order valence-corrected chi connectivity index (χ4v) is 4.90. The highest BCUT2D eigenvalue weighted by atomic mass is 32.2. The molecule has 1 aromatic rings. The highest BCUT2D eigenvalue weighted by Crippen LogP contribution is 2.24. The minimum atomic E-state index is -3.60. The number of amidine groups is 1. The summed E-state index contributed by atoms with van der Waals surface area (Å²) in [6, 6.07) is 6.64. The maximum absolute atomic E-state index is 12.3. The summed E-state index contributed by atoms with van der Waals surface area (Å²) in [7, 11) is -3.60. The predicted molar refractivity (Wildman–Crippen MR) is 108 cm³/mol. The number of carbonyl (C=O) groups excluding carboxylic acids is 2. The second kappa shape index (κ2) is 8.94. The van der Waals surface area contributed by atoms with Crippen LogP contribution in [0.2, 0.25) is 0 Å². The molecule has 0 bridgehead atoms.